The maximum Gasteiger partial charge on any atom is 0.0872 e. The summed E-state index contributed by atoms with van der Waals surface area (Å²) in [5, 5.41) is 0.636. The highest BCUT2D eigenvalue weighted by molar-refractivity contribution is 6.30. The predicted octanol–water partition coefficient (Wildman–Crippen LogP) is 4.19. The quantitative estimate of drug-likeness (QED) is 0.710. The van der Waals surface area contributed by atoms with E-state index in [0.29, 0.717) is 0 Å². The third-order valence-electron chi connectivity index (χ3n) is 2.95. The van der Waals surface area contributed by atoms with Crippen LogP contribution in [0.5, 0.6) is 0 Å². The largest absolute Gasteiger partial charge is 0.373 e. The van der Waals surface area contributed by atoms with Gasteiger partial charge in [-0.1, -0.05) is 23.7 Å². The Bertz CT molecular complexity index is 328. The lowest BCUT2D eigenvalue weighted by atomic mass is 9.93. The average molecular weight is 245 g/mol. The van der Waals surface area contributed by atoms with Gasteiger partial charge in [0.25, 0.3) is 0 Å². The summed E-state index contributed by atoms with van der Waals surface area (Å²) in [6.07, 6.45) is 2.11. The van der Waals surface area contributed by atoms with Gasteiger partial charge in [-0.3, -0.25) is 0 Å². The van der Waals surface area contributed by atoms with Crippen molar-refractivity contribution in [1.82, 2.24) is 0 Å². The normalized spacial score (nSPS) is 27.9. The predicted molar refractivity (Wildman–Crippen MR) is 63.6 cm³/mol. The summed E-state index contributed by atoms with van der Waals surface area (Å²) >= 11 is 12.3. The fraction of sp³-hybridized carbons (Fsp3) is 0.500. The fourth-order valence-electron chi connectivity index (χ4n) is 1.98. The highest BCUT2D eigenvalue weighted by Crippen LogP contribution is 2.41. The molecule has 0 bridgehead atoms. The zero-order valence-corrected chi connectivity index (χ0v) is 10.2. The summed E-state index contributed by atoms with van der Waals surface area (Å²) < 4.78 is 5.72. The topological polar surface area (TPSA) is 9.23 Å². The highest BCUT2D eigenvalue weighted by Gasteiger charge is 2.38. The first kappa shape index (κ1) is 11.3. The van der Waals surface area contributed by atoms with E-state index in [9.17, 15) is 0 Å². The first-order valence-corrected chi connectivity index (χ1v) is 5.97. The molecule has 2 rings (SSSR count). The summed E-state index contributed by atoms with van der Waals surface area (Å²) in [5.41, 5.74) is 0.848. The molecule has 1 aliphatic rings. The van der Waals surface area contributed by atoms with Crippen LogP contribution in [0, 0.1) is 0 Å². The van der Waals surface area contributed by atoms with Crippen molar-refractivity contribution in [3.63, 3.8) is 0 Å². The van der Waals surface area contributed by atoms with Gasteiger partial charge in [0.2, 0.25) is 0 Å². The summed E-state index contributed by atoms with van der Waals surface area (Å²) in [6, 6.07) is 7.66. The van der Waals surface area contributed by atoms with E-state index in [1.54, 1.807) is 0 Å². The monoisotopic (exact) mass is 244 g/mol. The molecule has 1 saturated heterocycles. The van der Waals surface area contributed by atoms with Crippen LogP contribution in [-0.4, -0.2) is 12.2 Å². The molecule has 2 atom stereocenters. The molecule has 0 saturated carbocycles. The van der Waals surface area contributed by atoms with E-state index in [1.807, 2.05) is 24.3 Å². The number of ether oxygens (including phenoxy) is 1. The second-order valence-electron chi connectivity index (χ2n) is 4.18. The molecule has 0 amide bonds. The number of rotatable bonds is 2. The molecule has 15 heavy (non-hydrogen) atoms. The average Bonchev–Trinajstić information content (AvgIpc) is 2.67. The minimum atomic E-state index is -0.227. The number of benzene rings is 1. The van der Waals surface area contributed by atoms with E-state index in [0.717, 1.165) is 30.0 Å². The lowest BCUT2D eigenvalue weighted by Gasteiger charge is -2.29. The molecule has 1 aromatic carbocycles. The van der Waals surface area contributed by atoms with Gasteiger partial charge >= 0.3 is 0 Å². The van der Waals surface area contributed by atoms with Gasteiger partial charge in [-0.2, -0.15) is 0 Å². The van der Waals surface area contributed by atoms with Crippen LogP contribution in [0.1, 0.15) is 30.7 Å². The Hall–Kier alpha value is -0.240. The minimum Gasteiger partial charge on any atom is -0.373 e. The third kappa shape index (κ3) is 2.30. The maximum absolute atomic E-state index is 6.44. The molecule has 0 radical (unpaired) electrons. The molecular formula is C12H14Cl2O. The first-order valence-electron chi connectivity index (χ1n) is 5.15. The minimum absolute atomic E-state index is 0.0998. The smallest absolute Gasteiger partial charge is 0.0872 e. The molecule has 0 spiro atoms. The standard InChI is InChI=1S/C12H14Cl2O/c1-12(7-2-8-15-12)11(14)9-3-5-10(13)6-4-9/h3-6,11H,2,7-8H2,1H3. The molecule has 3 heteroatoms. The van der Waals surface area contributed by atoms with Crippen molar-refractivity contribution >= 4 is 23.2 Å². The van der Waals surface area contributed by atoms with Gasteiger partial charge in [-0.15, -0.1) is 11.6 Å². The second-order valence-corrected chi connectivity index (χ2v) is 5.05. The van der Waals surface area contributed by atoms with Gasteiger partial charge in [-0.25, -0.2) is 0 Å². The summed E-state index contributed by atoms with van der Waals surface area (Å²) in [5.74, 6) is 0. The SMILES string of the molecule is CC1(C(Cl)c2ccc(Cl)cc2)CCCO1. The second kappa shape index (κ2) is 4.32. The number of halogens is 2. The van der Waals surface area contributed by atoms with Crippen molar-refractivity contribution in [2.24, 2.45) is 0 Å². The molecule has 1 heterocycles. The van der Waals surface area contributed by atoms with Crippen molar-refractivity contribution in [2.45, 2.75) is 30.7 Å². The first-order chi connectivity index (χ1) is 7.12. The van der Waals surface area contributed by atoms with Crippen LogP contribution in [0.4, 0.5) is 0 Å². The molecule has 1 aromatic rings. The zero-order chi connectivity index (χ0) is 10.9. The van der Waals surface area contributed by atoms with Crippen LogP contribution in [-0.2, 0) is 4.74 Å². The Morgan fingerprint density at radius 1 is 1.33 bits per heavy atom. The Morgan fingerprint density at radius 2 is 2.00 bits per heavy atom. The van der Waals surface area contributed by atoms with Crippen LogP contribution in [0.15, 0.2) is 24.3 Å². The summed E-state index contributed by atoms with van der Waals surface area (Å²) in [6.45, 7) is 2.89. The van der Waals surface area contributed by atoms with Crippen molar-refractivity contribution in [3.8, 4) is 0 Å². The Morgan fingerprint density at radius 3 is 2.53 bits per heavy atom. The molecule has 1 aliphatic heterocycles. The van der Waals surface area contributed by atoms with Crippen LogP contribution < -0.4 is 0 Å². The van der Waals surface area contributed by atoms with Crippen molar-refractivity contribution in [2.75, 3.05) is 6.61 Å². The van der Waals surface area contributed by atoms with Gasteiger partial charge in [0.05, 0.1) is 11.0 Å². The van der Waals surface area contributed by atoms with E-state index < -0.39 is 0 Å². The van der Waals surface area contributed by atoms with Gasteiger partial charge in [0, 0.05) is 11.6 Å². The zero-order valence-electron chi connectivity index (χ0n) is 8.67. The number of alkyl halides is 1. The molecule has 0 aliphatic carbocycles. The summed E-state index contributed by atoms with van der Waals surface area (Å²) in [7, 11) is 0. The molecule has 0 aromatic heterocycles. The van der Waals surface area contributed by atoms with Crippen molar-refractivity contribution in [1.29, 1.82) is 0 Å². The molecule has 82 valence electrons. The summed E-state index contributed by atoms with van der Waals surface area (Å²) in [4.78, 5) is 0. The third-order valence-corrected chi connectivity index (χ3v) is 3.91. The molecule has 0 N–H and O–H groups in total. The Kier molecular flexibility index (Phi) is 3.24. The van der Waals surface area contributed by atoms with Crippen LogP contribution in [0.3, 0.4) is 0 Å². The molecular weight excluding hydrogens is 231 g/mol. The van der Waals surface area contributed by atoms with Crippen LogP contribution >= 0.6 is 23.2 Å². The lowest BCUT2D eigenvalue weighted by molar-refractivity contribution is 0.0164. The lowest BCUT2D eigenvalue weighted by Crippen LogP contribution is -2.28. The highest BCUT2D eigenvalue weighted by atomic mass is 35.5. The van der Waals surface area contributed by atoms with Crippen LogP contribution in [0.2, 0.25) is 5.02 Å². The van der Waals surface area contributed by atoms with E-state index in [4.69, 9.17) is 27.9 Å². The van der Waals surface area contributed by atoms with E-state index in [2.05, 4.69) is 6.92 Å². The van der Waals surface area contributed by atoms with Gasteiger partial charge in [0.1, 0.15) is 0 Å². The molecule has 2 unspecified atom stereocenters. The van der Waals surface area contributed by atoms with Gasteiger partial charge in [-0.05, 0) is 37.5 Å². The fourth-order valence-corrected chi connectivity index (χ4v) is 2.43. The molecule has 1 nitrogen and oxygen atoms in total. The van der Waals surface area contributed by atoms with Crippen LogP contribution in [0.25, 0.3) is 0 Å². The van der Waals surface area contributed by atoms with E-state index in [1.165, 1.54) is 0 Å². The maximum atomic E-state index is 6.44. The Labute approximate surface area is 100 Å². The Balaban J connectivity index is 2.19. The van der Waals surface area contributed by atoms with Crippen molar-refractivity contribution in [3.05, 3.63) is 34.9 Å². The number of hydrogen-bond acceptors (Lipinski definition) is 1. The van der Waals surface area contributed by atoms with Gasteiger partial charge < -0.3 is 4.74 Å². The van der Waals surface area contributed by atoms with E-state index in [-0.39, 0.29) is 11.0 Å². The van der Waals surface area contributed by atoms with E-state index >= 15 is 0 Å². The van der Waals surface area contributed by atoms with Gasteiger partial charge in [0.15, 0.2) is 0 Å². The molecule has 1 fully saturated rings. The van der Waals surface area contributed by atoms with Crippen molar-refractivity contribution < 1.29 is 4.74 Å². The number of hydrogen-bond donors (Lipinski definition) is 0.